The maximum Gasteiger partial charge on any atom is 0.339 e. The van der Waals surface area contributed by atoms with Crippen LogP contribution in [-0.4, -0.2) is 29.4 Å². The molecule has 8 heteroatoms. The number of amides is 1. The number of nitro benzene ring substituents is 1. The molecule has 8 nitrogen and oxygen atoms in total. The van der Waals surface area contributed by atoms with Crippen LogP contribution in [0.5, 0.6) is 0 Å². The number of hydrogen-bond acceptors (Lipinski definition) is 6. The molecule has 0 unspecified atom stereocenters. The zero-order valence-corrected chi connectivity index (χ0v) is 15.1. The lowest BCUT2D eigenvalue weighted by atomic mass is 10.1. The lowest BCUT2D eigenvalue weighted by Crippen LogP contribution is -2.35. The minimum Gasteiger partial charge on any atom is -0.449 e. The van der Waals surface area contributed by atoms with Crippen molar-refractivity contribution in [2.24, 2.45) is 0 Å². The van der Waals surface area contributed by atoms with Crippen molar-refractivity contribution in [2.45, 2.75) is 26.5 Å². The summed E-state index contributed by atoms with van der Waals surface area (Å²) in [6.07, 6.45) is -0.993. The van der Waals surface area contributed by atoms with Crippen molar-refractivity contribution >= 4 is 23.3 Å². The fraction of sp³-hybridized carbons (Fsp3) is 0.263. The van der Waals surface area contributed by atoms with Gasteiger partial charge in [0.2, 0.25) is 0 Å². The Hall–Kier alpha value is -3.42. The molecule has 0 aromatic heterocycles. The number of rotatable bonds is 8. The number of anilines is 1. The predicted octanol–water partition coefficient (Wildman–Crippen LogP) is 2.89. The van der Waals surface area contributed by atoms with Crippen molar-refractivity contribution < 1.29 is 19.2 Å². The highest BCUT2D eigenvalue weighted by Crippen LogP contribution is 2.26. The first-order valence-electron chi connectivity index (χ1n) is 8.47. The second-order valence-corrected chi connectivity index (χ2v) is 5.77. The first-order valence-corrected chi connectivity index (χ1v) is 8.47. The van der Waals surface area contributed by atoms with Crippen LogP contribution in [0.4, 0.5) is 11.4 Å². The van der Waals surface area contributed by atoms with Gasteiger partial charge < -0.3 is 15.4 Å². The summed E-state index contributed by atoms with van der Waals surface area (Å²) in [5.41, 5.74) is 1.01. The summed E-state index contributed by atoms with van der Waals surface area (Å²) in [6.45, 7) is 4.00. The third kappa shape index (κ3) is 5.53. The number of carbonyl (C=O) groups excluding carboxylic acids is 2. The van der Waals surface area contributed by atoms with Gasteiger partial charge >= 0.3 is 5.97 Å². The molecular formula is C19H21N3O5. The molecule has 0 radical (unpaired) electrons. The Morgan fingerprint density at radius 3 is 2.52 bits per heavy atom. The van der Waals surface area contributed by atoms with Crippen LogP contribution in [-0.2, 0) is 16.1 Å². The average molecular weight is 371 g/mol. The lowest BCUT2D eigenvalue weighted by molar-refractivity contribution is -0.384. The largest absolute Gasteiger partial charge is 0.449 e. The molecule has 1 atom stereocenters. The number of benzene rings is 2. The number of esters is 1. The predicted molar refractivity (Wildman–Crippen MR) is 100 cm³/mol. The minimum atomic E-state index is -0.993. The summed E-state index contributed by atoms with van der Waals surface area (Å²) < 4.78 is 5.06. The van der Waals surface area contributed by atoms with Crippen LogP contribution in [0.1, 0.15) is 29.8 Å². The Kier molecular flexibility index (Phi) is 6.87. The summed E-state index contributed by atoms with van der Waals surface area (Å²) >= 11 is 0. The summed E-state index contributed by atoms with van der Waals surface area (Å²) in [6, 6.07) is 13.4. The van der Waals surface area contributed by atoms with E-state index in [4.69, 9.17) is 4.74 Å². The molecule has 1 amide bonds. The summed E-state index contributed by atoms with van der Waals surface area (Å²) in [5, 5.41) is 16.9. The molecule has 0 saturated carbocycles. The molecule has 2 N–H and O–H groups in total. The van der Waals surface area contributed by atoms with Crippen molar-refractivity contribution in [3.05, 3.63) is 69.8 Å². The summed E-state index contributed by atoms with van der Waals surface area (Å²) in [5.74, 6) is -1.23. The third-order valence-corrected chi connectivity index (χ3v) is 3.76. The van der Waals surface area contributed by atoms with Gasteiger partial charge in [-0.2, -0.15) is 0 Å². The van der Waals surface area contributed by atoms with E-state index in [0.29, 0.717) is 13.1 Å². The van der Waals surface area contributed by atoms with Crippen molar-refractivity contribution in [3.8, 4) is 0 Å². The third-order valence-electron chi connectivity index (χ3n) is 3.76. The molecule has 2 aromatic rings. The monoisotopic (exact) mass is 371 g/mol. The van der Waals surface area contributed by atoms with Gasteiger partial charge in [-0.3, -0.25) is 14.9 Å². The molecule has 142 valence electrons. The smallest absolute Gasteiger partial charge is 0.339 e. The molecule has 0 spiro atoms. The highest BCUT2D eigenvalue weighted by Gasteiger charge is 2.22. The van der Waals surface area contributed by atoms with E-state index < -0.39 is 22.9 Å². The van der Waals surface area contributed by atoms with Gasteiger partial charge in [-0.1, -0.05) is 30.3 Å². The number of carbonyl (C=O) groups is 2. The Labute approximate surface area is 156 Å². The minimum absolute atomic E-state index is 0.00288. The molecular weight excluding hydrogens is 350 g/mol. The second-order valence-electron chi connectivity index (χ2n) is 5.77. The van der Waals surface area contributed by atoms with Crippen LogP contribution < -0.4 is 10.6 Å². The highest BCUT2D eigenvalue weighted by molar-refractivity contribution is 5.93. The molecule has 0 heterocycles. The van der Waals surface area contributed by atoms with E-state index in [9.17, 15) is 19.7 Å². The van der Waals surface area contributed by atoms with E-state index in [1.807, 2.05) is 30.3 Å². The number of nitrogens with zero attached hydrogens (tertiary/aromatic N) is 1. The van der Waals surface area contributed by atoms with Crippen LogP contribution in [0, 0.1) is 10.1 Å². The van der Waals surface area contributed by atoms with Crippen LogP contribution in [0.25, 0.3) is 0 Å². The Morgan fingerprint density at radius 1 is 1.19 bits per heavy atom. The Morgan fingerprint density at radius 2 is 1.89 bits per heavy atom. The molecule has 0 bridgehead atoms. The van der Waals surface area contributed by atoms with Gasteiger partial charge in [-0.05, 0) is 31.5 Å². The molecule has 0 aliphatic carbocycles. The first kappa shape index (κ1) is 19.9. The van der Waals surface area contributed by atoms with Crippen molar-refractivity contribution in [2.75, 3.05) is 11.9 Å². The van der Waals surface area contributed by atoms with E-state index in [0.717, 1.165) is 11.6 Å². The summed E-state index contributed by atoms with van der Waals surface area (Å²) in [7, 11) is 0. The second kappa shape index (κ2) is 9.33. The van der Waals surface area contributed by atoms with Gasteiger partial charge in [-0.25, -0.2) is 4.79 Å². The topological polar surface area (TPSA) is 111 Å². The molecule has 0 saturated heterocycles. The van der Waals surface area contributed by atoms with E-state index in [2.05, 4.69) is 10.6 Å². The fourth-order valence-electron chi connectivity index (χ4n) is 2.35. The van der Waals surface area contributed by atoms with E-state index in [1.165, 1.54) is 19.1 Å². The number of nitrogens with one attached hydrogen (secondary N) is 2. The number of hydrogen-bond donors (Lipinski definition) is 2. The maximum atomic E-state index is 12.2. The van der Waals surface area contributed by atoms with Gasteiger partial charge in [0.1, 0.15) is 5.69 Å². The van der Waals surface area contributed by atoms with Crippen LogP contribution in [0.15, 0.2) is 48.5 Å². The quantitative estimate of drug-likeness (QED) is 0.419. The zero-order valence-electron chi connectivity index (χ0n) is 15.1. The molecule has 0 fully saturated rings. The maximum absolute atomic E-state index is 12.2. The molecule has 0 aliphatic heterocycles. The van der Waals surface area contributed by atoms with Gasteiger partial charge in [0, 0.05) is 19.2 Å². The molecule has 2 rings (SSSR count). The van der Waals surface area contributed by atoms with Gasteiger partial charge in [-0.15, -0.1) is 0 Å². The van der Waals surface area contributed by atoms with E-state index >= 15 is 0 Å². The van der Waals surface area contributed by atoms with Gasteiger partial charge in [0.25, 0.3) is 11.6 Å². The Bertz CT molecular complexity index is 823. The van der Waals surface area contributed by atoms with E-state index in [-0.39, 0.29) is 16.9 Å². The molecule has 27 heavy (non-hydrogen) atoms. The van der Waals surface area contributed by atoms with Crippen LogP contribution in [0.3, 0.4) is 0 Å². The van der Waals surface area contributed by atoms with Crippen molar-refractivity contribution in [1.29, 1.82) is 0 Å². The van der Waals surface area contributed by atoms with Gasteiger partial charge in [0.15, 0.2) is 6.10 Å². The van der Waals surface area contributed by atoms with E-state index in [1.54, 1.807) is 6.92 Å². The van der Waals surface area contributed by atoms with Crippen molar-refractivity contribution in [1.82, 2.24) is 5.32 Å². The fourth-order valence-corrected chi connectivity index (χ4v) is 2.35. The normalized spacial score (nSPS) is 11.3. The summed E-state index contributed by atoms with van der Waals surface area (Å²) in [4.78, 5) is 34.6. The molecule has 2 aromatic carbocycles. The first-order chi connectivity index (χ1) is 12.9. The van der Waals surface area contributed by atoms with Gasteiger partial charge in [0.05, 0.1) is 10.5 Å². The SMILES string of the molecule is CCNC(=O)[C@@H](C)OC(=O)c1ccc(NCc2ccccc2)c([N+](=O)[O-])c1. The van der Waals surface area contributed by atoms with Crippen LogP contribution >= 0.6 is 0 Å². The number of likely N-dealkylation sites (N-methyl/N-ethyl adjacent to an activating group) is 1. The lowest BCUT2D eigenvalue weighted by Gasteiger charge is -2.13. The molecule has 0 aliphatic rings. The average Bonchev–Trinajstić information content (AvgIpc) is 2.67. The zero-order chi connectivity index (χ0) is 19.8. The Balaban J connectivity index is 2.13. The van der Waals surface area contributed by atoms with Crippen LogP contribution in [0.2, 0.25) is 0 Å². The standard InChI is InChI=1S/C19H21N3O5/c1-3-20-18(23)13(2)27-19(24)15-9-10-16(17(11-15)22(25)26)21-12-14-7-5-4-6-8-14/h4-11,13,21H,3,12H2,1-2H3,(H,20,23)/t13-/m1/s1. The number of ether oxygens (including phenoxy) is 1. The van der Waals surface area contributed by atoms with Crippen molar-refractivity contribution in [3.63, 3.8) is 0 Å². The number of nitro groups is 1. The highest BCUT2D eigenvalue weighted by atomic mass is 16.6.